The molecule has 0 aliphatic heterocycles. The lowest BCUT2D eigenvalue weighted by Crippen LogP contribution is -2.41. The van der Waals surface area contributed by atoms with Crippen LogP contribution in [0.4, 0.5) is 0 Å². The van der Waals surface area contributed by atoms with Crippen molar-refractivity contribution in [2.45, 2.75) is 47.1 Å². The van der Waals surface area contributed by atoms with Crippen LogP contribution in [0.3, 0.4) is 0 Å². The van der Waals surface area contributed by atoms with E-state index in [1.165, 1.54) is 0 Å². The zero-order valence-electron chi connectivity index (χ0n) is 12.0. The van der Waals surface area contributed by atoms with Gasteiger partial charge in [-0.2, -0.15) is 0 Å². The zero-order chi connectivity index (χ0) is 14.7. The third-order valence-electron chi connectivity index (χ3n) is 3.20. The monoisotopic (exact) mass is 267 g/mol. The molecular formula is C14H21NO4. The third-order valence-corrected chi connectivity index (χ3v) is 3.20. The molecule has 1 heterocycles. The van der Waals surface area contributed by atoms with Gasteiger partial charge in [-0.15, -0.1) is 0 Å². The predicted molar refractivity (Wildman–Crippen MR) is 71.3 cm³/mol. The molecule has 0 radical (unpaired) electrons. The lowest BCUT2D eigenvalue weighted by Gasteiger charge is -2.15. The van der Waals surface area contributed by atoms with Gasteiger partial charge in [0.1, 0.15) is 11.8 Å². The number of rotatable bonds is 5. The maximum Gasteiger partial charge on any atom is 0.326 e. The summed E-state index contributed by atoms with van der Waals surface area (Å²) in [7, 11) is 0. The normalized spacial score (nSPS) is 12.5. The van der Waals surface area contributed by atoms with Gasteiger partial charge in [-0.1, -0.05) is 13.8 Å². The van der Waals surface area contributed by atoms with E-state index in [9.17, 15) is 9.59 Å². The van der Waals surface area contributed by atoms with E-state index in [2.05, 4.69) is 5.32 Å². The average Bonchev–Trinajstić information content (AvgIpc) is 2.55. The third kappa shape index (κ3) is 3.59. The van der Waals surface area contributed by atoms with E-state index in [1.807, 2.05) is 20.8 Å². The lowest BCUT2D eigenvalue weighted by atomic mass is 10.0. The van der Waals surface area contributed by atoms with Crippen LogP contribution in [-0.2, 0) is 4.79 Å². The number of carboxylic acid groups (broad SMARTS) is 1. The Labute approximate surface area is 113 Å². The molecule has 1 aromatic heterocycles. The number of carbonyl (C=O) groups excluding carboxylic acids is 1. The van der Waals surface area contributed by atoms with Crippen molar-refractivity contribution in [1.29, 1.82) is 0 Å². The zero-order valence-corrected chi connectivity index (χ0v) is 12.0. The molecule has 19 heavy (non-hydrogen) atoms. The Bertz CT molecular complexity index is 488. The van der Waals surface area contributed by atoms with Crippen LogP contribution in [0.15, 0.2) is 4.42 Å². The van der Waals surface area contributed by atoms with E-state index in [-0.39, 0.29) is 11.7 Å². The largest absolute Gasteiger partial charge is 0.480 e. The Hall–Kier alpha value is -1.78. The molecule has 5 nitrogen and oxygen atoms in total. The van der Waals surface area contributed by atoms with Crippen LogP contribution in [0.5, 0.6) is 0 Å². The van der Waals surface area contributed by atoms with Crippen molar-refractivity contribution in [1.82, 2.24) is 5.32 Å². The first-order chi connectivity index (χ1) is 8.73. The van der Waals surface area contributed by atoms with Gasteiger partial charge in [-0.3, -0.25) is 4.79 Å². The summed E-state index contributed by atoms with van der Waals surface area (Å²) in [5.74, 6) is -0.438. The minimum atomic E-state index is -1.03. The van der Waals surface area contributed by atoms with Gasteiger partial charge in [0.15, 0.2) is 5.76 Å². The molecule has 2 N–H and O–H groups in total. The SMILES string of the molecule is Cc1oc(C(=O)NC(CC(C)C)C(=O)O)c(C)c1C. The lowest BCUT2D eigenvalue weighted by molar-refractivity contribution is -0.139. The molecule has 0 fully saturated rings. The van der Waals surface area contributed by atoms with Gasteiger partial charge >= 0.3 is 5.97 Å². The van der Waals surface area contributed by atoms with Crippen LogP contribution < -0.4 is 5.32 Å². The van der Waals surface area contributed by atoms with Crippen molar-refractivity contribution in [3.63, 3.8) is 0 Å². The molecule has 0 bridgehead atoms. The molecule has 0 saturated heterocycles. The summed E-state index contributed by atoms with van der Waals surface area (Å²) in [6, 6.07) is -0.891. The number of carbonyl (C=O) groups is 2. The van der Waals surface area contributed by atoms with Crippen LogP contribution in [0, 0.1) is 26.7 Å². The maximum absolute atomic E-state index is 12.1. The Balaban J connectivity index is 2.88. The van der Waals surface area contributed by atoms with E-state index in [0.29, 0.717) is 12.2 Å². The van der Waals surface area contributed by atoms with Gasteiger partial charge in [-0.05, 0) is 38.7 Å². The van der Waals surface area contributed by atoms with Crippen LogP contribution in [0.2, 0.25) is 0 Å². The number of amides is 1. The molecule has 0 saturated carbocycles. The number of hydrogen-bond donors (Lipinski definition) is 2. The molecule has 1 amide bonds. The van der Waals surface area contributed by atoms with Crippen LogP contribution in [0.1, 0.15) is 47.7 Å². The maximum atomic E-state index is 12.1. The van der Waals surface area contributed by atoms with Gasteiger partial charge in [-0.25, -0.2) is 4.79 Å². The number of furan rings is 1. The summed E-state index contributed by atoms with van der Waals surface area (Å²) in [5, 5.41) is 11.6. The fourth-order valence-corrected chi connectivity index (χ4v) is 1.87. The van der Waals surface area contributed by atoms with Crippen molar-refractivity contribution in [2.75, 3.05) is 0 Å². The van der Waals surface area contributed by atoms with Crippen molar-refractivity contribution in [2.24, 2.45) is 5.92 Å². The van der Waals surface area contributed by atoms with E-state index < -0.39 is 17.9 Å². The number of hydrogen-bond acceptors (Lipinski definition) is 3. The van der Waals surface area contributed by atoms with E-state index >= 15 is 0 Å². The summed E-state index contributed by atoms with van der Waals surface area (Å²) in [6.45, 7) is 9.26. The summed E-state index contributed by atoms with van der Waals surface area (Å²) in [5.41, 5.74) is 1.67. The van der Waals surface area contributed by atoms with Crippen molar-refractivity contribution >= 4 is 11.9 Å². The van der Waals surface area contributed by atoms with Gasteiger partial charge in [0.05, 0.1) is 0 Å². The molecule has 1 atom stereocenters. The topological polar surface area (TPSA) is 79.5 Å². The quantitative estimate of drug-likeness (QED) is 0.858. The first kappa shape index (κ1) is 15.3. The van der Waals surface area contributed by atoms with E-state index in [4.69, 9.17) is 9.52 Å². The molecule has 0 spiro atoms. The highest BCUT2D eigenvalue weighted by atomic mass is 16.4. The number of carboxylic acids is 1. The van der Waals surface area contributed by atoms with Crippen molar-refractivity contribution in [3.8, 4) is 0 Å². The highest BCUT2D eigenvalue weighted by molar-refractivity contribution is 5.95. The second-order valence-corrected chi connectivity index (χ2v) is 5.23. The summed E-state index contributed by atoms with van der Waals surface area (Å²) in [4.78, 5) is 23.2. The smallest absolute Gasteiger partial charge is 0.326 e. The number of aliphatic carboxylic acids is 1. The second-order valence-electron chi connectivity index (χ2n) is 5.23. The van der Waals surface area contributed by atoms with Gasteiger partial charge < -0.3 is 14.8 Å². The Kier molecular flexibility index (Phi) is 4.75. The van der Waals surface area contributed by atoms with Crippen LogP contribution >= 0.6 is 0 Å². The fraction of sp³-hybridized carbons (Fsp3) is 0.571. The molecular weight excluding hydrogens is 246 g/mol. The molecule has 0 aliphatic carbocycles. The molecule has 0 aliphatic rings. The van der Waals surface area contributed by atoms with Crippen molar-refractivity contribution < 1.29 is 19.1 Å². The molecule has 1 unspecified atom stereocenters. The Morgan fingerprint density at radius 1 is 1.21 bits per heavy atom. The summed E-state index contributed by atoms with van der Waals surface area (Å²) >= 11 is 0. The van der Waals surface area contributed by atoms with Gasteiger partial charge in [0.25, 0.3) is 5.91 Å². The highest BCUT2D eigenvalue weighted by Gasteiger charge is 2.25. The fourth-order valence-electron chi connectivity index (χ4n) is 1.87. The van der Waals surface area contributed by atoms with Crippen LogP contribution in [-0.4, -0.2) is 23.0 Å². The standard InChI is InChI=1S/C14H21NO4/c1-7(2)6-11(14(17)18)15-13(16)12-9(4)8(3)10(5)19-12/h7,11H,6H2,1-5H3,(H,15,16)(H,17,18). The van der Waals surface area contributed by atoms with Crippen molar-refractivity contribution in [3.05, 3.63) is 22.6 Å². The molecule has 1 aromatic rings. The predicted octanol–water partition coefficient (Wildman–Crippen LogP) is 2.43. The van der Waals surface area contributed by atoms with E-state index in [0.717, 1.165) is 11.1 Å². The van der Waals surface area contributed by atoms with Gasteiger partial charge in [0.2, 0.25) is 0 Å². The Morgan fingerprint density at radius 3 is 2.16 bits per heavy atom. The minimum Gasteiger partial charge on any atom is -0.480 e. The molecule has 1 rings (SSSR count). The minimum absolute atomic E-state index is 0.183. The highest BCUT2D eigenvalue weighted by Crippen LogP contribution is 2.20. The summed E-state index contributed by atoms with van der Waals surface area (Å²) < 4.78 is 5.39. The molecule has 0 aromatic carbocycles. The average molecular weight is 267 g/mol. The molecule has 5 heteroatoms. The van der Waals surface area contributed by atoms with E-state index in [1.54, 1.807) is 13.8 Å². The molecule has 106 valence electrons. The number of nitrogens with one attached hydrogen (secondary N) is 1. The first-order valence-corrected chi connectivity index (χ1v) is 6.34. The second kappa shape index (κ2) is 5.91. The summed E-state index contributed by atoms with van der Waals surface area (Å²) in [6.07, 6.45) is 0.388. The van der Waals surface area contributed by atoms with Gasteiger partial charge in [0, 0.05) is 5.56 Å². The van der Waals surface area contributed by atoms with Crippen LogP contribution in [0.25, 0.3) is 0 Å². The number of aryl methyl sites for hydroxylation is 1. The first-order valence-electron chi connectivity index (χ1n) is 6.34. The Morgan fingerprint density at radius 2 is 1.79 bits per heavy atom.